The van der Waals surface area contributed by atoms with E-state index in [-0.39, 0.29) is 0 Å². The van der Waals surface area contributed by atoms with Gasteiger partial charge in [-0.1, -0.05) is 20.8 Å². The van der Waals surface area contributed by atoms with Crippen molar-refractivity contribution in [1.29, 1.82) is 0 Å². The van der Waals surface area contributed by atoms with Gasteiger partial charge >= 0.3 is 0 Å². The van der Waals surface area contributed by atoms with Gasteiger partial charge in [0.05, 0.1) is 0 Å². The molecule has 0 rings (SSSR count). The van der Waals surface area contributed by atoms with Crippen LogP contribution in [-0.2, 0) is 0 Å². The van der Waals surface area contributed by atoms with Crippen LogP contribution in [-0.4, -0.2) is 13.1 Å². The summed E-state index contributed by atoms with van der Waals surface area (Å²) in [6.07, 6.45) is 4.75. The van der Waals surface area contributed by atoms with Gasteiger partial charge in [-0.3, -0.25) is 0 Å². The molecule has 2 heteroatoms. The Labute approximate surface area is 83.1 Å². The highest BCUT2D eigenvalue weighted by atomic mass is 14.5. The van der Waals surface area contributed by atoms with Crippen LogP contribution >= 0.6 is 0 Å². The molecule has 0 saturated carbocycles. The summed E-state index contributed by atoms with van der Waals surface area (Å²) >= 11 is 0. The number of hydrogen-bond acceptors (Lipinski definition) is 2. The summed E-state index contributed by atoms with van der Waals surface area (Å²) in [5.74, 6) is 0.727. The van der Waals surface area contributed by atoms with Crippen LogP contribution in [0.5, 0.6) is 0 Å². The fourth-order valence-corrected chi connectivity index (χ4v) is 1.71. The lowest BCUT2D eigenvalue weighted by Gasteiger charge is -2.34. The van der Waals surface area contributed by atoms with E-state index in [2.05, 4.69) is 20.8 Å². The maximum atomic E-state index is 5.54. The summed E-state index contributed by atoms with van der Waals surface area (Å²) in [6.45, 7) is 8.58. The Bertz CT molecular complexity index is 113. The van der Waals surface area contributed by atoms with Crippen LogP contribution in [0, 0.1) is 11.3 Å². The topological polar surface area (TPSA) is 52.0 Å². The maximum absolute atomic E-state index is 5.54. The van der Waals surface area contributed by atoms with Gasteiger partial charge in [0.25, 0.3) is 0 Å². The molecular weight excluding hydrogens is 160 g/mol. The monoisotopic (exact) mass is 186 g/mol. The summed E-state index contributed by atoms with van der Waals surface area (Å²) in [5.41, 5.74) is 11.5. The largest absolute Gasteiger partial charge is 0.330 e. The van der Waals surface area contributed by atoms with E-state index in [0.717, 1.165) is 31.8 Å². The minimum absolute atomic E-state index is 0.443. The van der Waals surface area contributed by atoms with Gasteiger partial charge in [0.1, 0.15) is 0 Å². The first-order chi connectivity index (χ1) is 6.06. The predicted molar refractivity (Wildman–Crippen MR) is 59.5 cm³/mol. The number of nitrogens with two attached hydrogens (primary N) is 2. The third-order valence-corrected chi connectivity index (χ3v) is 3.30. The van der Waals surface area contributed by atoms with E-state index in [4.69, 9.17) is 11.5 Å². The zero-order valence-electron chi connectivity index (χ0n) is 9.47. The second kappa shape index (κ2) is 6.39. The minimum atomic E-state index is 0.443. The summed E-state index contributed by atoms with van der Waals surface area (Å²) in [7, 11) is 0. The first-order valence-electron chi connectivity index (χ1n) is 5.47. The van der Waals surface area contributed by atoms with Gasteiger partial charge in [-0.15, -0.1) is 0 Å². The molecule has 4 N–H and O–H groups in total. The zero-order valence-corrected chi connectivity index (χ0v) is 9.47. The van der Waals surface area contributed by atoms with E-state index in [9.17, 15) is 0 Å². The van der Waals surface area contributed by atoms with Crippen LogP contribution in [0.4, 0.5) is 0 Å². The molecule has 80 valence electrons. The lowest BCUT2D eigenvalue weighted by Crippen LogP contribution is -2.25. The van der Waals surface area contributed by atoms with Crippen molar-refractivity contribution < 1.29 is 0 Å². The molecule has 0 atom stereocenters. The first kappa shape index (κ1) is 12.9. The van der Waals surface area contributed by atoms with Gasteiger partial charge < -0.3 is 11.5 Å². The van der Waals surface area contributed by atoms with E-state index < -0.39 is 0 Å². The van der Waals surface area contributed by atoms with Gasteiger partial charge in [-0.2, -0.15) is 0 Å². The summed E-state index contributed by atoms with van der Waals surface area (Å²) in [6, 6.07) is 0. The molecule has 0 aromatic carbocycles. The van der Waals surface area contributed by atoms with Crippen molar-refractivity contribution in [1.82, 2.24) is 0 Å². The molecule has 0 bridgehead atoms. The normalized spacial score (nSPS) is 12.5. The summed E-state index contributed by atoms with van der Waals surface area (Å²) in [4.78, 5) is 0. The van der Waals surface area contributed by atoms with Crippen molar-refractivity contribution in [3.8, 4) is 0 Å². The van der Waals surface area contributed by atoms with Crippen molar-refractivity contribution in [3.63, 3.8) is 0 Å². The molecule has 2 nitrogen and oxygen atoms in total. The van der Waals surface area contributed by atoms with Crippen molar-refractivity contribution in [3.05, 3.63) is 0 Å². The van der Waals surface area contributed by atoms with Crippen LogP contribution < -0.4 is 11.5 Å². The molecule has 0 spiro atoms. The molecule has 0 saturated heterocycles. The molecule has 0 aliphatic rings. The van der Waals surface area contributed by atoms with E-state index in [1.54, 1.807) is 0 Å². The van der Waals surface area contributed by atoms with Crippen LogP contribution in [0.1, 0.15) is 46.5 Å². The van der Waals surface area contributed by atoms with Gasteiger partial charge in [-0.05, 0) is 50.1 Å². The number of rotatable bonds is 7. The predicted octanol–water partition coefficient (Wildman–Crippen LogP) is 2.13. The second-order valence-corrected chi connectivity index (χ2v) is 4.59. The Morgan fingerprint density at radius 2 is 1.38 bits per heavy atom. The van der Waals surface area contributed by atoms with Crippen molar-refractivity contribution in [2.75, 3.05) is 13.1 Å². The molecule has 0 aromatic rings. The molecule has 0 fully saturated rings. The van der Waals surface area contributed by atoms with Crippen molar-refractivity contribution >= 4 is 0 Å². The minimum Gasteiger partial charge on any atom is -0.330 e. The van der Waals surface area contributed by atoms with E-state index >= 15 is 0 Å². The zero-order chi connectivity index (χ0) is 10.3. The third-order valence-electron chi connectivity index (χ3n) is 3.30. The Hall–Kier alpha value is -0.0800. The molecule has 0 aliphatic carbocycles. The van der Waals surface area contributed by atoms with Gasteiger partial charge in [0.2, 0.25) is 0 Å². The second-order valence-electron chi connectivity index (χ2n) is 4.59. The summed E-state index contributed by atoms with van der Waals surface area (Å²) in [5, 5.41) is 0. The molecule has 0 amide bonds. The molecule has 0 aliphatic heterocycles. The SMILES string of the molecule is CC(C)C(C)(CCCN)CCCN. The maximum Gasteiger partial charge on any atom is -0.00771 e. The average molecular weight is 186 g/mol. The van der Waals surface area contributed by atoms with Gasteiger partial charge in [0, 0.05) is 0 Å². The standard InChI is InChI=1S/C11H26N2/c1-10(2)11(3,6-4-8-12)7-5-9-13/h10H,4-9,12-13H2,1-3H3. The molecular formula is C11H26N2. The first-order valence-corrected chi connectivity index (χ1v) is 5.47. The van der Waals surface area contributed by atoms with Crippen LogP contribution in [0.3, 0.4) is 0 Å². The molecule has 13 heavy (non-hydrogen) atoms. The third kappa shape index (κ3) is 4.63. The smallest absolute Gasteiger partial charge is 0.00771 e. The fourth-order valence-electron chi connectivity index (χ4n) is 1.71. The molecule has 0 aromatic heterocycles. The van der Waals surface area contributed by atoms with E-state index in [0.29, 0.717) is 5.41 Å². The Morgan fingerprint density at radius 3 is 1.62 bits per heavy atom. The van der Waals surface area contributed by atoms with Gasteiger partial charge in [0.15, 0.2) is 0 Å². The van der Waals surface area contributed by atoms with Crippen molar-refractivity contribution in [2.45, 2.75) is 46.5 Å². The highest BCUT2D eigenvalue weighted by Gasteiger charge is 2.26. The lowest BCUT2D eigenvalue weighted by atomic mass is 9.72. The van der Waals surface area contributed by atoms with E-state index in [1.807, 2.05) is 0 Å². The number of hydrogen-bond donors (Lipinski definition) is 2. The Balaban J connectivity index is 4.00. The van der Waals surface area contributed by atoms with E-state index in [1.165, 1.54) is 12.8 Å². The highest BCUT2D eigenvalue weighted by molar-refractivity contribution is 4.77. The highest BCUT2D eigenvalue weighted by Crippen LogP contribution is 2.36. The quantitative estimate of drug-likeness (QED) is 0.640. The van der Waals surface area contributed by atoms with Crippen LogP contribution in [0.15, 0.2) is 0 Å². The van der Waals surface area contributed by atoms with Crippen LogP contribution in [0.25, 0.3) is 0 Å². The summed E-state index contributed by atoms with van der Waals surface area (Å²) < 4.78 is 0. The molecule has 0 unspecified atom stereocenters. The van der Waals surface area contributed by atoms with Crippen molar-refractivity contribution in [2.24, 2.45) is 22.8 Å². The Morgan fingerprint density at radius 1 is 1.00 bits per heavy atom. The lowest BCUT2D eigenvalue weighted by molar-refractivity contribution is 0.174. The Kier molecular flexibility index (Phi) is 6.35. The fraction of sp³-hybridized carbons (Fsp3) is 1.00. The average Bonchev–Trinajstić information content (AvgIpc) is 2.11. The molecule has 0 radical (unpaired) electrons. The van der Waals surface area contributed by atoms with Crippen LogP contribution in [0.2, 0.25) is 0 Å². The molecule has 0 heterocycles. The van der Waals surface area contributed by atoms with Gasteiger partial charge in [-0.25, -0.2) is 0 Å².